The van der Waals surface area contributed by atoms with Crippen LogP contribution in [-0.2, 0) is 11.2 Å². The topological polar surface area (TPSA) is 58.6 Å². The normalized spacial score (nSPS) is 19.4. The van der Waals surface area contributed by atoms with Gasteiger partial charge in [0.05, 0.1) is 4.88 Å². The van der Waals surface area contributed by atoms with Gasteiger partial charge in [-0.2, -0.15) is 0 Å². The van der Waals surface area contributed by atoms with Crippen LogP contribution in [0.3, 0.4) is 0 Å². The number of carbonyl (C=O) groups is 2. The van der Waals surface area contributed by atoms with Crippen LogP contribution in [0.1, 0.15) is 74.3 Å². The molecule has 0 unspecified atom stereocenters. The molecule has 1 saturated heterocycles. The average molecular weight is 407 g/mol. The maximum Gasteiger partial charge on any atom is 0.410 e. The summed E-state index contributed by atoms with van der Waals surface area (Å²) in [6.07, 6.45) is 6.18. The van der Waals surface area contributed by atoms with Crippen molar-refractivity contribution in [2.75, 3.05) is 13.1 Å². The van der Waals surface area contributed by atoms with E-state index in [-0.39, 0.29) is 18.0 Å². The van der Waals surface area contributed by atoms with E-state index in [0.717, 1.165) is 43.6 Å². The molecule has 156 valence electrons. The van der Waals surface area contributed by atoms with E-state index in [4.69, 9.17) is 4.74 Å². The molecule has 3 rings (SSSR count). The fourth-order valence-electron chi connectivity index (χ4n) is 3.83. The number of nitrogens with one attached hydrogen (secondary N) is 1. The van der Waals surface area contributed by atoms with Crippen LogP contribution >= 0.6 is 11.3 Å². The first-order valence-corrected chi connectivity index (χ1v) is 11.4. The molecule has 2 fully saturated rings. The van der Waals surface area contributed by atoms with Gasteiger partial charge in [-0.3, -0.25) is 4.79 Å². The lowest BCUT2D eigenvalue weighted by Crippen LogP contribution is -2.43. The van der Waals surface area contributed by atoms with Gasteiger partial charge in [0.25, 0.3) is 5.91 Å². The summed E-state index contributed by atoms with van der Waals surface area (Å²) in [6.45, 7) is 9.31. The van der Waals surface area contributed by atoms with Gasteiger partial charge in [-0.1, -0.05) is 6.92 Å². The Bertz CT molecular complexity index is 682. The highest BCUT2D eigenvalue weighted by Gasteiger charge is 2.35. The van der Waals surface area contributed by atoms with E-state index in [2.05, 4.69) is 18.3 Å². The molecule has 5 nitrogen and oxygen atoms in total. The van der Waals surface area contributed by atoms with Crippen molar-refractivity contribution in [2.24, 2.45) is 11.8 Å². The van der Waals surface area contributed by atoms with Crippen LogP contribution in [0.4, 0.5) is 4.79 Å². The lowest BCUT2D eigenvalue weighted by Gasteiger charge is -2.34. The SMILES string of the molecule is CCc1ccc(C(=O)N[C@@H](CC2CCN(C(=O)OC(C)(C)C)CC2)C2CC2)s1. The standard InChI is InChI=1S/C22H34N2O3S/c1-5-17-8-9-19(28-17)20(25)23-18(16-6-7-16)14-15-10-12-24(13-11-15)21(26)27-22(2,3)4/h8-9,15-16,18H,5-7,10-14H2,1-4H3,(H,23,25)/t18-/m0/s1. The van der Waals surface area contributed by atoms with Crippen LogP contribution in [-0.4, -0.2) is 41.6 Å². The maximum absolute atomic E-state index is 12.7. The first kappa shape index (κ1) is 21.2. The molecule has 1 aliphatic carbocycles. The summed E-state index contributed by atoms with van der Waals surface area (Å²) in [5.41, 5.74) is -0.450. The minimum absolute atomic E-state index is 0.0767. The van der Waals surface area contributed by atoms with Crippen molar-refractivity contribution in [3.8, 4) is 0 Å². The van der Waals surface area contributed by atoms with Crippen molar-refractivity contribution in [2.45, 2.75) is 77.9 Å². The minimum Gasteiger partial charge on any atom is -0.444 e. The van der Waals surface area contributed by atoms with Gasteiger partial charge in [-0.25, -0.2) is 4.79 Å². The Morgan fingerprint density at radius 1 is 1.21 bits per heavy atom. The number of aryl methyl sites for hydroxylation is 1. The van der Waals surface area contributed by atoms with Gasteiger partial charge in [-0.15, -0.1) is 11.3 Å². The van der Waals surface area contributed by atoms with Crippen molar-refractivity contribution in [3.63, 3.8) is 0 Å². The third-order valence-electron chi connectivity index (χ3n) is 5.59. The Kier molecular flexibility index (Phi) is 6.69. The van der Waals surface area contributed by atoms with Crippen LogP contribution in [0, 0.1) is 11.8 Å². The summed E-state index contributed by atoms with van der Waals surface area (Å²) in [6, 6.07) is 4.26. The second kappa shape index (κ2) is 8.85. The van der Waals surface area contributed by atoms with Crippen molar-refractivity contribution < 1.29 is 14.3 Å². The Morgan fingerprint density at radius 3 is 2.43 bits per heavy atom. The monoisotopic (exact) mass is 406 g/mol. The zero-order valence-electron chi connectivity index (χ0n) is 17.6. The first-order chi connectivity index (χ1) is 13.2. The highest BCUT2D eigenvalue weighted by molar-refractivity contribution is 7.14. The summed E-state index contributed by atoms with van der Waals surface area (Å²) in [5.74, 6) is 1.25. The molecule has 1 N–H and O–H groups in total. The first-order valence-electron chi connectivity index (χ1n) is 10.6. The smallest absolute Gasteiger partial charge is 0.410 e. The number of thiophene rings is 1. The molecule has 28 heavy (non-hydrogen) atoms. The molecule has 6 heteroatoms. The molecule has 1 saturated carbocycles. The third-order valence-corrected chi connectivity index (χ3v) is 6.82. The van der Waals surface area contributed by atoms with Crippen LogP contribution in [0.15, 0.2) is 12.1 Å². The third kappa shape index (κ3) is 5.97. The Labute approximate surface area is 172 Å². The van der Waals surface area contributed by atoms with E-state index in [0.29, 0.717) is 11.8 Å². The molecule has 0 spiro atoms. The molecule has 1 aromatic heterocycles. The number of hydrogen-bond donors (Lipinski definition) is 1. The predicted molar refractivity (Wildman–Crippen MR) is 113 cm³/mol. The molecule has 0 aromatic carbocycles. The molecule has 2 amide bonds. The van der Waals surface area contributed by atoms with Crippen molar-refractivity contribution in [3.05, 3.63) is 21.9 Å². The van der Waals surface area contributed by atoms with E-state index in [1.54, 1.807) is 11.3 Å². The summed E-state index contributed by atoms with van der Waals surface area (Å²) in [5, 5.41) is 3.31. The van der Waals surface area contributed by atoms with Gasteiger partial charge >= 0.3 is 6.09 Å². The van der Waals surface area contributed by atoms with Crippen LogP contribution < -0.4 is 5.32 Å². The van der Waals surface area contributed by atoms with Gasteiger partial charge in [-0.05, 0) is 83.3 Å². The lowest BCUT2D eigenvalue weighted by molar-refractivity contribution is 0.0177. The number of hydrogen-bond acceptors (Lipinski definition) is 4. The van der Waals surface area contributed by atoms with E-state index in [1.165, 1.54) is 17.7 Å². The fourth-order valence-corrected chi connectivity index (χ4v) is 4.68. The van der Waals surface area contributed by atoms with Crippen LogP contribution in [0.2, 0.25) is 0 Å². The van der Waals surface area contributed by atoms with Gasteiger partial charge < -0.3 is 15.0 Å². The second-order valence-electron chi connectivity index (χ2n) is 9.18. The summed E-state index contributed by atoms with van der Waals surface area (Å²) in [7, 11) is 0. The van der Waals surface area contributed by atoms with E-state index >= 15 is 0 Å². The van der Waals surface area contributed by atoms with Crippen molar-refractivity contribution in [1.82, 2.24) is 10.2 Å². The molecular weight excluding hydrogens is 372 g/mol. The number of nitrogens with zero attached hydrogens (tertiary/aromatic N) is 1. The Hall–Kier alpha value is -1.56. The predicted octanol–water partition coefficient (Wildman–Crippen LogP) is 4.86. The number of amides is 2. The molecule has 0 radical (unpaired) electrons. The number of carbonyl (C=O) groups excluding carboxylic acids is 2. The number of likely N-dealkylation sites (tertiary alicyclic amines) is 1. The van der Waals surface area contributed by atoms with Crippen molar-refractivity contribution >= 4 is 23.3 Å². The average Bonchev–Trinajstić information content (AvgIpc) is 3.37. The van der Waals surface area contributed by atoms with E-state index < -0.39 is 5.60 Å². The van der Waals surface area contributed by atoms with Gasteiger partial charge in [0.1, 0.15) is 5.60 Å². The van der Waals surface area contributed by atoms with Crippen LogP contribution in [0.5, 0.6) is 0 Å². The maximum atomic E-state index is 12.7. The number of rotatable bonds is 6. The molecule has 1 atom stereocenters. The summed E-state index contributed by atoms with van der Waals surface area (Å²) in [4.78, 5) is 28.8. The Morgan fingerprint density at radius 2 is 1.89 bits per heavy atom. The molecule has 2 aliphatic rings. The zero-order valence-corrected chi connectivity index (χ0v) is 18.4. The quantitative estimate of drug-likeness (QED) is 0.734. The van der Waals surface area contributed by atoms with Crippen LogP contribution in [0.25, 0.3) is 0 Å². The van der Waals surface area contributed by atoms with Crippen molar-refractivity contribution in [1.29, 1.82) is 0 Å². The van der Waals surface area contributed by atoms with E-state index in [1.807, 2.05) is 31.7 Å². The molecule has 1 aromatic rings. The summed E-state index contributed by atoms with van der Waals surface area (Å²) >= 11 is 1.60. The lowest BCUT2D eigenvalue weighted by atomic mass is 9.88. The largest absolute Gasteiger partial charge is 0.444 e. The Balaban J connectivity index is 1.49. The number of ether oxygens (including phenoxy) is 1. The molecule has 1 aliphatic heterocycles. The molecular formula is C22H34N2O3S. The molecule has 2 heterocycles. The zero-order chi connectivity index (χ0) is 20.3. The highest BCUT2D eigenvalue weighted by atomic mass is 32.1. The highest BCUT2D eigenvalue weighted by Crippen LogP contribution is 2.37. The summed E-state index contributed by atoms with van der Waals surface area (Å²) < 4.78 is 5.49. The van der Waals surface area contributed by atoms with Gasteiger partial charge in [0.2, 0.25) is 0 Å². The number of piperidine rings is 1. The minimum atomic E-state index is -0.450. The second-order valence-corrected chi connectivity index (χ2v) is 10.4. The van der Waals surface area contributed by atoms with Gasteiger partial charge in [0.15, 0.2) is 0 Å². The molecule has 0 bridgehead atoms. The van der Waals surface area contributed by atoms with E-state index in [9.17, 15) is 9.59 Å². The fraction of sp³-hybridized carbons (Fsp3) is 0.727. The van der Waals surface area contributed by atoms with Gasteiger partial charge in [0, 0.05) is 24.0 Å².